The number of aromatic nitrogens is 2. The third-order valence-corrected chi connectivity index (χ3v) is 4.06. The van der Waals surface area contributed by atoms with Gasteiger partial charge in [0, 0.05) is 12.5 Å². The molecule has 0 bridgehead atoms. The zero-order chi connectivity index (χ0) is 13.4. The van der Waals surface area contributed by atoms with E-state index < -0.39 is 0 Å². The van der Waals surface area contributed by atoms with Crippen molar-refractivity contribution in [2.24, 2.45) is 0 Å². The van der Waals surface area contributed by atoms with E-state index in [9.17, 15) is 4.79 Å². The Morgan fingerprint density at radius 2 is 2.05 bits per heavy atom. The van der Waals surface area contributed by atoms with Gasteiger partial charge in [-0.2, -0.15) is 5.10 Å². The lowest BCUT2D eigenvalue weighted by molar-refractivity contribution is 0.101. The van der Waals surface area contributed by atoms with E-state index in [-0.39, 0.29) is 5.78 Å². The van der Waals surface area contributed by atoms with Crippen LogP contribution in [0.4, 0.5) is 0 Å². The normalized spacial score (nSPS) is 14.4. The molecule has 0 radical (unpaired) electrons. The molecule has 0 aliphatic heterocycles. The number of hydrogen-bond acceptors (Lipinski definition) is 3. The summed E-state index contributed by atoms with van der Waals surface area (Å²) in [4.78, 5) is 11.4. The number of ether oxygens (including phenoxy) is 1. The second kappa shape index (κ2) is 4.96. The summed E-state index contributed by atoms with van der Waals surface area (Å²) in [5.41, 5.74) is 2.36. The third-order valence-electron chi connectivity index (χ3n) is 3.01. The lowest BCUT2D eigenvalue weighted by Gasteiger charge is -2.04. The molecule has 1 aliphatic carbocycles. The van der Waals surface area contributed by atoms with E-state index in [1.165, 1.54) is 6.92 Å². The number of benzene rings is 1. The molecule has 0 spiro atoms. The molecule has 1 aromatic carbocycles. The van der Waals surface area contributed by atoms with Crippen LogP contribution in [0.2, 0.25) is 0 Å². The molecule has 1 aromatic heterocycles. The fourth-order valence-electron chi connectivity index (χ4n) is 1.82. The van der Waals surface area contributed by atoms with Gasteiger partial charge in [0.2, 0.25) is 0 Å². The van der Waals surface area contributed by atoms with E-state index in [0.717, 1.165) is 33.4 Å². The number of carbonyl (C=O) groups excluding carboxylic acids is 1. The number of ketones is 1. The van der Waals surface area contributed by atoms with Gasteiger partial charge in [0.25, 0.3) is 0 Å². The van der Waals surface area contributed by atoms with Gasteiger partial charge in [0.1, 0.15) is 17.1 Å². The van der Waals surface area contributed by atoms with Crippen molar-refractivity contribution in [3.05, 3.63) is 33.5 Å². The summed E-state index contributed by atoms with van der Waals surface area (Å²) >= 11 is 2.15. The molecule has 5 heteroatoms. The largest absolute Gasteiger partial charge is 0.490 e. The minimum Gasteiger partial charge on any atom is -0.490 e. The fraction of sp³-hybridized carbons (Fsp3) is 0.286. The van der Waals surface area contributed by atoms with Crippen LogP contribution >= 0.6 is 22.6 Å². The van der Waals surface area contributed by atoms with Gasteiger partial charge in [-0.15, -0.1) is 0 Å². The highest BCUT2D eigenvalue weighted by molar-refractivity contribution is 14.1. The van der Waals surface area contributed by atoms with Crippen molar-refractivity contribution >= 4 is 28.4 Å². The Bertz CT molecular complexity index is 615. The van der Waals surface area contributed by atoms with Crippen LogP contribution in [0.15, 0.2) is 24.3 Å². The highest BCUT2D eigenvalue weighted by Crippen LogP contribution is 2.30. The topological polar surface area (TPSA) is 55.0 Å². The Kier molecular flexibility index (Phi) is 3.30. The van der Waals surface area contributed by atoms with E-state index >= 15 is 0 Å². The number of Topliss-reactive ketones (excluding diaryl/α,β-unsaturated/α-hetero) is 1. The first-order valence-electron chi connectivity index (χ1n) is 6.17. The predicted molar refractivity (Wildman–Crippen MR) is 80.4 cm³/mol. The average Bonchev–Trinajstić information content (AvgIpc) is 3.11. The maximum Gasteiger partial charge on any atom is 0.178 e. The van der Waals surface area contributed by atoms with Gasteiger partial charge in [-0.05, 0) is 59.7 Å². The summed E-state index contributed by atoms with van der Waals surface area (Å²) in [7, 11) is 0. The fourth-order valence-corrected chi connectivity index (χ4v) is 2.76. The second-order valence-corrected chi connectivity index (χ2v) is 5.74. The highest BCUT2D eigenvalue weighted by atomic mass is 127. The molecule has 98 valence electrons. The molecular weight excluding hydrogens is 355 g/mol. The van der Waals surface area contributed by atoms with E-state index in [4.69, 9.17) is 4.74 Å². The van der Waals surface area contributed by atoms with Crippen LogP contribution in [0.25, 0.3) is 11.3 Å². The number of hydrogen-bond donors (Lipinski definition) is 1. The Labute approximate surface area is 124 Å². The molecule has 1 saturated carbocycles. The number of nitrogens with one attached hydrogen (secondary N) is 1. The molecule has 1 N–H and O–H groups in total. The van der Waals surface area contributed by atoms with Crippen molar-refractivity contribution in [3.63, 3.8) is 0 Å². The van der Waals surface area contributed by atoms with Gasteiger partial charge in [0.05, 0.1) is 9.67 Å². The predicted octanol–water partition coefficient (Wildman–Crippen LogP) is 3.43. The van der Waals surface area contributed by atoms with Crippen LogP contribution < -0.4 is 4.74 Å². The van der Waals surface area contributed by atoms with E-state index in [1.54, 1.807) is 0 Å². The van der Waals surface area contributed by atoms with Crippen LogP contribution in [0, 0.1) is 3.57 Å². The monoisotopic (exact) mass is 368 g/mol. The zero-order valence-electron chi connectivity index (χ0n) is 10.4. The maximum absolute atomic E-state index is 11.4. The first-order chi connectivity index (χ1) is 9.15. The van der Waals surface area contributed by atoms with E-state index in [0.29, 0.717) is 11.8 Å². The molecular formula is C14H13IN2O2. The van der Waals surface area contributed by atoms with Gasteiger partial charge >= 0.3 is 0 Å². The Morgan fingerprint density at radius 1 is 1.37 bits per heavy atom. The van der Waals surface area contributed by atoms with Crippen LogP contribution in [-0.2, 0) is 0 Å². The van der Waals surface area contributed by atoms with Crippen molar-refractivity contribution < 1.29 is 9.53 Å². The lowest BCUT2D eigenvalue weighted by Crippen LogP contribution is -1.95. The molecule has 19 heavy (non-hydrogen) atoms. The van der Waals surface area contributed by atoms with Crippen LogP contribution in [0.5, 0.6) is 5.75 Å². The maximum atomic E-state index is 11.4. The lowest BCUT2D eigenvalue weighted by atomic mass is 10.1. The first-order valence-corrected chi connectivity index (χ1v) is 7.25. The number of aromatic amines is 1. The molecule has 4 nitrogen and oxygen atoms in total. The molecule has 0 amide bonds. The Balaban J connectivity index is 1.86. The molecule has 3 rings (SSSR count). The number of carbonyl (C=O) groups is 1. The SMILES string of the molecule is CC(=O)c1[nH]nc(-c2ccc(OC3CC3)cc2)c1I. The first kappa shape index (κ1) is 12.7. The van der Waals surface area contributed by atoms with Crippen molar-refractivity contribution in [1.29, 1.82) is 0 Å². The molecule has 0 atom stereocenters. The Morgan fingerprint density at radius 3 is 2.58 bits per heavy atom. The molecule has 1 heterocycles. The highest BCUT2D eigenvalue weighted by Gasteiger charge is 2.23. The third kappa shape index (κ3) is 2.65. The number of halogens is 1. The van der Waals surface area contributed by atoms with E-state index in [1.807, 2.05) is 24.3 Å². The van der Waals surface area contributed by atoms with Gasteiger partial charge in [-0.1, -0.05) is 0 Å². The van der Waals surface area contributed by atoms with E-state index in [2.05, 4.69) is 32.8 Å². The molecule has 1 fully saturated rings. The molecule has 0 unspecified atom stereocenters. The minimum atomic E-state index is -0.00293. The zero-order valence-corrected chi connectivity index (χ0v) is 12.6. The van der Waals surface area contributed by atoms with Crippen molar-refractivity contribution in [2.45, 2.75) is 25.9 Å². The standard InChI is InChI=1S/C14H13IN2O2/c1-8(18)13-12(15)14(17-16-13)9-2-4-10(5-3-9)19-11-6-7-11/h2-5,11H,6-7H2,1H3,(H,16,17). The average molecular weight is 368 g/mol. The molecule has 0 saturated heterocycles. The van der Waals surface area contributed by atoms with Crippen molar-refractivity contribution in [3.8, 4) is 17.0 Å². The quantitative estimate of drug-likeness (QED) is 0.665. The summed E-state index contributed by atoms with van der Waals surface area (Å²) in [6.07, 6.45) is 2.71. The van der Waals surface area contributed by atoms with Crippen molar-refractivity contribution in [2.75, 3.05) is 0 Å². The number of H-pyrrole nitrogens is 1. The summed E-state index contributed by atoms with van der Waals surface area (Å²) < 4.78 is 6.57. The summed E-state index contributed by atoms with van der Waals surface area (Å²) in [5, 5.41) is 7.01. The van der Waals surface area contributed by atoms with Crippen LogP contribution in [0.3, 0.4) is 0 Å². The molecule has 2 aromatic rings. The minimum absolute atomic E-state index is 0.00293. The van der Waals surface area contributed by atoms with Crippen molar-refractivity contribution in [1.82, 2.24) is 10.2 Å². The van der Waals surface area contributed by atoms with Gasteiger partial charge < -0.3 is 4.74 Å². The summed E-state index contributed by atoms with van der Waals surface area (Å²) in [6, 6.07) is 7.84. The summed E-state index contributed by atoms with van der Waals surface area (Å²) in [6.45, 7) is 1.53. The molecule has 1 aliphatic rings. The summed E-state index contributed by atoms with van der Waals surface area (Å²) in [5.74, 6) is 0.889. The van der Waals surface area contributed by atoms with Gasteiger partial charge in [-0.25, -0.2) is 0 Å². The van der Waals surface area contributed by atoms with Gasteiger partial charge in [0.15, 0.2) is 5.78 Å². The second-order valence-electron chi connectivity index (χ2n) is 4.66. The van der Waals surface area contributed by atoms with Crippen LogP contribution in [0.1, 0.15) is 30.3 Å². The van der Waals surface area contributed by atoms with Gasteiger partial charge in [-0.3, -0.25) is 9.89 Å². The number of nitrogens with zero attached hydrogens (tertiary/aromatic N) is 1. The smallest absolute Gasteiger partial charge is 0.178 e. The number of rotatable bonds is 4. The van der Waals surface area contributed by atoms with Crippen LogP contribution in [-0.4, -0.2) is 22.1 Å². The Hall–Kier alpha value is -1.37.